The molecule has 3 nitrogen and oxygen atoms in total. The Morgan fingerprint density at radius 1 is 1.23 bits per heavy atom. The number of benzene rings is 1. The molecule has 0 aliphatic heterocycles. The molecule has 1 N–H and O–H groups in total. The maximum Gasteiger partial charge on any atom is 0.244 e. The standard InChI is InChI=1S/C18H24N2OS/c1-17(2,3)12-18(4,5)20-15(21)10-11-16-19-13-8-6-7-9-14(13)22-16/h6-11H,12H2,1-5H3,(H,20,21)/b11-10+. The average Bonchev–Trinajstić information content (AvgIpc) is 2.75. The van der Waals surface area contributed by atoms with Crippen molar-refractivity contribution in [3.63, 3.8) is 0 Å². The summed E-state index contributed by atoms with van der Waals surface area (Å²) in [5.74, 6) is -0.0755. The average molecular weight is 316 g/mol. The molecule has 0 saturated heterocycles. The van der Waals surface area contributed by atoms with Crippen LogP contribution in [0.5, 0.6) is 0 Å². The second kappa shape index (κ2) is 6.21. The number of nitrogens with one attached hydrogen (secondary N) is 1. The summed E-state index contributed by atoms with van der Waals surface area (Å²) in [5, 5.41) is 3.92. The highest BCUT2D eigenvalue weighted by molar-refractivity contribution is 7.19. The minimum atomic E-state index is -0.229. The van der Waals surface area contributed by atoms with Crippen molar-refractivity contribution in [3.05, 3.63) is 35.3 Å². The van der Waals surface area contributed by atoms with E-state index in [4.69, 9.17) is 0 Å². The van der Waals surface area contributed by atoms with Crippen molar-refractivity contribution in [3.8, 4) is 0 Å². The molecule has 1 amide bonds. The number of para-hydroxylation sites is 1. The van der Waals surface area contributed by atoms with E-state index in [1.165, 1.54) is 0 Å². The van der Waals surface area contributed by atoms with E-state index in [0.717, 1.165) is 21.6 Å². The fourth-order valence-electron chi connectivity index (χ4n) is 2.85. The molecule has 4 heteroatoms. The monoisotopic (exact) mass is 316 g/mol. The molecule has 118 valence electrons. The normalized spacial score (nSPS) is 13.0. The molecular weight excluding hydrogens is 292 g/mol. The second-order valence-electron chi connectivity index (χ2n) is 7.46. The number of aromatic nitrogens is 1. The lowest BCUT2D eigenvalue weighted by Crippen LogP contribution is -2.45. The first-order valence-electron chi connectivity index (χ1n) is 7.50. The van der Waals surface area contributed by atoms with E-state index in [1.54, 1.807) is 23.5 Å². The van der Waals surface area contributed by atoms with Gasteiger partial charge in [0, 0.05) is 11.6 Å². The van der Waals surface area contributed by atoms with Gasteiger partial charge in [-0.2, -0.15) is 0 Å². The minimum absolute atomic E-state index is 0.0755. The Bertz CT molecular complexity index is 659. The van der Waals surface area contributed by atoms with Crippen LogP contribution in [0.15, 0.2) is 30.3 Å². The van der Waals surface area contributed by atoms with Crippen LogP contribution in [0.2, 0.25) is 0 Å². The van der Waals surface area contributed by atoms with Gasteiger partial charge in [0.1, 0.15) is 5.01 Å². The highest BCUT2D eigenvalue weighted by Gasteiger charge is 2.26. The van der Waals surface area contributed by atoms with Gasteiger partial charge in [0.2, 0.25) is 5.91 Å². The predicted octanol–water partition coefficient (Wildman–Crippen LogP) is 4.64. The van der Waals surface area contributed by atoms with Crippen LogP contribution in [0, 0.1) is 5.41 Å². The van der Waals surface area contributed by atoms with Gasteiger partial charge in [-0.25, -0.2) is 4.98 Å². The summed E-state index contributed by atoms with van der Waals surface area (Å²) in [5.41, 5.74) is 0.918. The first-order chi connectivity index (χ1) is 10.1. The number of fused-ring (bicyclic) bond motifs is 1. The van der Waals surface area contributed by atoms with Crippen LogP contribution in [0.25, 0.3) is 16.3 Å². The fourth-order valence-corrected chi connectivity index (χ4v) is 3.72. The molecule has 0 bridgehead atoms. The van der Waals surface area contributed by atoms with Crippen LogP contribution in [0.3, 0.4) is 0 Å². The van der Waals surface area contributed by atoms with Crippen LogP contribution in [0.4, 0.5) is 0 Å². The Morgan fingerprint density at radius 2 is 1.91 bits per heavy atom. The van der Waals surface area contributed by atoms with E-state index in [-0.39, 0.29) is 16.9 Å². The molecule has 0 radical (unpaired) electrons. The molecule has 0 fully saturated rings. The molecule has 22 heavy (non-hydrogen) atoms. The summed E-state index contributed by atoms with van der Waals surface area (Å²) in [7, 11) is 0. The van der Waals surface area contributed by atoms with E-state index in [1.807, 2.05) is 24.3 Å². The number of rotatable bonds is 4. The van der Waals surface area contributed by atoms with Gasteiger partial charge in [-0.3, -0.25) is 4.79 Å². The van der Waals surface area contributed by atoms with E-state index in [9.17, 15) is 4.79 Å². The van der Waals surface area contributed by atoms with Crippen LogP contribution < -0.4 is 5.32 Å². The molecule has 0 unspecified atom stereocenters. The summed E-state index contributed by atoms with van der Waals surface area (Å²) >= 11 is 1.59. The van der Waals surface area contributed by atoms with Crippen LogP contribution in [0.1, 0.15) is 46.0 Å². The van der Waals surface area contributed by atoms with Gasteiger partial charge in [-0.1, -0.05) is 32.9 Å². The van der Waals surface area contributed by atoms with Crippen molar-refractivity contribution in [2.45, 2.75) is 46.6 Å². The Kier molecular flexibility index (Phi) is 4.71. The topological polar surface area (TPSA) is 42.0 Å². The van der Waals surface area contributed by atoms with Crippen LogP contribution >= 0.6 is 11.3 Å². The first-order valence-corrected chi connectivity index (χ1v) is 8.32. The molecular formula is C18H24N2OS. The van der Waals surface area contributed by atoms with Crippen molar-refractivity contribution in [1.82, 2.24) is 10.3 Å². The van der Waals surface area contributed by atoms with Gasteiger partial charge in [0.25, 0.3) is 0 Å². The third-order valence-electron chi connectivity index (χ3n) is 3.12. The van der Waals surface area contributed by atoms with Crippen molar-refractivity contribution < 1.29 is 4.79 Å². The summed E-state index contributed by atoms with van der Waals surface area (Å²) in [6.07, 6.45) is 4.27. The second-order valence-corrected chi connectivity index (χ2v) is 8.53. The van der Waals surface area contributed by atoms with Crippen molar-refractivity contribution >= 4 is 33.5 Å². The fraction of sp³-hybridized carbons (Fsp3) is 0.444. The van der Waals surface area contributed by atoms with Gasteiger partial charge < -0.3 is 5.32 Å². The highest BCUT2D eigenvalue weighted by atomic mass is 32.1. The number of carbonyl (C=O) groups is 1. The van der Waals surface area contributed by atoms with E-state index < -0.39 is 0 Å². The van der Waals surface area contributed by atoms with E-state index in [2.05, 4.69) is 44.9 Å². The lowest BCUT2D eigenvalue weighted by molar-refractivity contribution is -0.118. The number of hydrogen-bond donors (Lipinski definition) is 1. The third-order valence-corrected chi connectivity index (χ3v) is 4.12. The number of amides is 1. The number of nitrogens with zero attached hydrogens (tertiary/aromatic N) is 1. The largest absolute Gasteiger partial charge is 0.348 e. The van der Waals surface area contributed by atoms with E-state index in [0.29, 0.717) is 0 Å². The smallest absolute Gasteiger partial charge is 0.244 e. The molecule has 0 atom stereocenters. The molecule has 1 heterocycles. The zero-order valence-electron chi connectivity index (χ0n) is 13.9. The minimum Gasteiger partial charge on any atom is -0.348 e. The van der Waals surface area contributed by atoms with Crippen LogP contribution in [-0.4, -0.2) is 16.4 Å². The van der Waals surface area contributed by atoms with Crippen LogP contribution in [-0.2, 0) is 4.79 Å². The molecule has 0 aliphatic rings. The molecule has 0 aliphatic carbocycles. The van der Waals surface area contributed by atoms with Gasteiger partial charge in [-0.15, -0.1) is 11.3 Å². The maximum atomic E-state index is 12.1. The van der Waals surface area contributed by atoms with Crippen molar-refractivity contribution in [1.29, 1.82) is 0 Å². The lowest BCUT2D eigenvalue weighted by atomic mass is 9.82. The Labute approximate surface area is 136 Å². The third kappa shape index (κ3) is 4.95. The molecule has 0 saturated carbocycles. The van der Waals surface area contributed by atoms with Gasteiger partial charge in [0.05, 0.1) is 10.2 Å². The van der Waals surface area contributed by atoms with Crippen molar-refractivity contribution in [2.24, 2.45) is 5.41 Å². The molecule has 2 aromatic rings. The first kappa shape index (κ1) is 16.7. The highest BCUT2D eigenvalue weighted by Crippen LogP contribution is 2.27. The number of thiazole rings is 1. The zero-order valence-corrected chi connectivity index (χ0v) is 14.8. The SMILES string of the molecule is CC(C)(C)CC(C)(C)NC(=O)/C=C/c1nc2ccccc2s1. The van der Waals surface area contributed by atoms with Gasteiger partial charge in [-0.05, 0) is 43.9 Å². The lowest BCUT2D eigenvalue weighted by Gasteiger charge is -2.32. The van der Waals surface area contributed by atoms with Crippen molar-refractivity contribution in [2.75, 3.05) is 0 Å². The molecule has 1 aromatic carbocycles. The number of carbonyl (C=O) groups excluding carboxylic acids is 1. The molecule has 1 aromatic heterocycles. The molecule has 2 rings (SSSR count). The Balaban J connectivity index is 2.02. The molecule has 0 spiro atoms. The van der Waals surface area contributed by atoms with E-state index >= 15 is 0 Å². The zero-order chi connectivity index (χ0) is 16.4. The quantitative estimate of drug-likeness (QED) is 0.835. The summed E-state index contributed by atoms with van der Waals surface area (Å²) in [6, 6.07) is 7.99. The summed E-state index contributed by atoms with van der Waals surface area (Å²) in [4.78, 5) is 16.6. The summed E-state index contributed by atoms with van der Waals surface area (Å²) in [6.45, 7) is 10.6. The number of hydrogen-bond acceptors (Lipinski definition) is 3. The van der Waals surface area contributed by atoms with Gasteiger partial charge in [0.15, 0.2) is 0 Å². The summed E-state index contributed by atoms with van der Waals surface area (Å²) < 4.78 is 1.13. The van der Waals surface area contributed by atoms with Gasteiger partial charge >= 0.3 is 0 Å². The predicted molar refractivity (Wildman–Crippen MR) is 94.9 cm³/mol. The Morgan fingerprint density at radius 3 is 2.55 bits per heavy atom. The maximum absolute atomic E-state index is 12.1. The Hall–Kier alpha value is -1.68.